The highest BCUT2D eigenvalue weighted by molar-refractivity contribution is 9.10. The van der Waals surface area contributed by atoms with Crippen LogP contribution in [0.25, 0.3) is 22.2 Å². The standard InChI is InChI=1S/C36H29BrClFN2O5/c1-18-14-23(37)16-26-27(36(45)46-29(12-13-38)33(42)20-4-8-24(39)9-5-20)17-28(40-32(18)26)19-6-10-25(11-7-19)41-34(43)30-21-2-3-22(15-21)31(30)35(41)44/h4-11,14,16-17,21-22,29-31H,2-3,12-13,15H2,1H3. The summed E-state index contributed by atoms with van der Waals surface area (Å²) in [5, 5.41) is 0.533. The minimum Gasteiger partial charge on any atom is -0.450 e. The van der Waals surface area contributed by atoms with Crippen molar-refractivity contribution in [2.24, 2.45) is 23.7 Å². The number of benzene rings is 3. The molecule has 2 aliphatic carbocycles. The molecule has 46 heavy (non-hydrogen) atoms. The van der Waals surface area contributed by atoms with Crippen molar-refractivity contribution in [3.05, 3.63) is 93.7 Å². The first-order chi connectivity index (χ1) is 22.1. The van der Waals surface area contributed by atoms with Crippen LogP contribution in [-0.4, -0.2) is 40.5 Å². The Labute approximate surface area is 278 Å². The number of hydrogen-bond donors (Lipinski definition) is 0. The van der Waals surface area contributed by atoms with Gasteiger partial charge in [-0.15, -0.1) is 11.6 Å². The summed E-state index contributed by atoms with van der Waals surface area (Å²) in [6.45, 7) is 1.88. The molecule has 3 aliphatic rings. The lowest BCUT2D eigenvalue weighted by Crippen LogP contribution is -2.32. The molecule has 7 rings (SSSR count). The molecule has 1 aliphatic heterocycles. The Kier molecular flexibility index (Phi) is 8.01. The van der Waals surface area contributed by atoms with Gasteiger partial charge in [0.05, 0.1) is 34.3 Å². The van der Waals surface area contributed by atoms with Crippen molar-refractivity contribution in [3.63, 3.8) is 0 Å². The number of rotatable bonds is 8. The van der Waals surface area contributed by atoms with Gasteiger partial charge in [0.1, 0.15) is 5.82 Å². The maximum Gasteiger partial charge on any atom is 0.339 e. The third-order valence-corrected chi connectivity index (χ3v) is 10.4. The van der Waals surface area contributed by atoms with Gasteiger partial charge in [0, 0.05) is 33.3 Å². The number of aryl methyl sites for hydroxylation is 1. The molecule has 234 valence electrons. The van der Waals surface area contributed by atoms with Gasteiger partial charge in [-0.25, -0.2) is 14.2 Å². The number of amides is 2. The molecule has 5 unspecified atom stereocenters. The van der Waals surface area contributed by atoms with Crippen molar-refractivity contribution in [1.82, 2.24) is 4.98 Å². The van der Waals surface area contributed by atoms with Crippen LogP contribution in [0.2, 0.25) is 0 Å². The van der Waals surface area contributed by atoms with Gasteiger partial charge in [0.25, 0.3) is 0 Å². The number of aromatic nitrogens is 1. The Morgan fingerprint density at radius 1 is 1.00 bits per heavy atom. The molecule has 2 amide bonds. The number of esters is 1. The van der Waals surface area contributed by atoms with E-state index in [4.69, 9.17) is 21.3 Å². The summed E-state index contributed by atoms with van der Waals surface area (Å²) in [4.78, 5) is 59.9. The van der Waals surface area contributed by atoms with Gasteiger partial charge in [-0.3, -0.25) is 19.3 Å². The number of ether oxygens (including phenoxy) is 1. The summed E-state index contributed by atoms with van der Waals surface area (Å²) in [6, 6.07) is 17.3. The molecule has 10 heteroatoms. The van der Waals surface area contributed by atoms with E-state index < -0.39 is 23.7 Å². The number of halogens is 3. The number of Topliss-reactive ketones (excluding diaryl/α,β-unsaturated/α-hetero) is 1. The fourth-order valence-electron chi connectivity index (χ4n) is 7.55. The van der Waals surface area contributed by atoms with E-state index in [0.717, 1.165) is 29.3 Å². The fourth-order valence-corrected chi connectivity index (χ4v) is 8.32. The Balaban J connectivity index is 1.21. The third kappa shape index (κ3) is 5.23. The number of hydrogen-bond acceptors (Lipinski definition) is 6. The zero-order valence-electron chi connectivity index (χ0n) is 24.8. The number of carbonyl (C=O) groups excluding carboxylic acids is 4. The highest BCUT2D eigenvalue weighted by Crippen LogP contribution is 2.56. The molecule has 2 heterocycles. The molecule has 4 aromatic rings. The van der Waals surface area contributed by atoms with Gasteiger partial charge in [-0.1, -0.05) is 28.1 Å². The highest BCUT2D eigenvalue weighted by atomic mass is 79.9. The second-order valence-corrected chi connectivity index (χ2v) is 13.7. The van der Waals surface area contributed by atoms with Gasteiger partial charge < -0.3 is 4.74 Å². The zero-order chi connectivity index (χ0) is 32.3. The topological polar surface area (TPSA) is 93.6 Å². The SMILES string of the molecule is Cc1cc(Br)cc2c(C(=O)OC(CCCl)C(=O)c3ccc(F)cc3)cc(-c3ccc(N4C(=O)C5C6CCC(C6)C5C4=O)cc3)nc12. The molecule has 0 spiro atoms. The van der Waals surface area contributed by atoms with Crippen LogP contribution in [-0.2, 0) is 14.3 Å². The Bertz CT molecular complexity index is 1890. The first-order valence-electron chi connectivity index (χ1n) is 15.3. The van der Waals surface area contributed by atoms with Crippen LogP contribution in [0.4, 0.5) is 10.1 Å². The summed E-state index contributed by atoms with van der Waals surface area (Å²) in [5.41, 5.74) is 3.46. The molecule has 0 N–H and O–H groups in total. The third-order valence-electron chi connectivity index (χ3n) is 9.68. The van der Waals surface area contributed by atoms with Crippen LogP contribution in [0.3, 0.4) is 0 Å². The second kappa shape index (κ2) is 12.0. The summed E-state index contributed by atoms with van der Waals surface area (Å²) >= 11 is 9.48. The lowest BCUT2D eigenvalue weighted by atomic mass is 9.81. The fraction of sp³-hybridized carbons (Fsp3) is 0.306. The molecular weight excluding hydrogens is 675 g/mol. The molecule has 1 saturated heterocycles. The van der Waals surface area contributed by atoms with Crippen molar-refractivity contribution in [2.75, 3.05) is 10.8 Å². The average Bonchev–Trinajstić information content (AvgIpc) is 3.74. The number of imide groups is 1. The van der Waals surface area contributed by atoms with Gasteiger partial charge >= 0.3 is 5.97 Å². The molecule has 2 saturated carbocycles. The zero-order valence-corrected chi connectivity index (χ0v) is 27.2. The first-order valence-corrected chi connectivity index (χ1v) is 16.6. The van der Waals surface area contributed by atoms with Crippen molar-refractivity contribution >= 4 is 67.7 Å². The predicted molar refractivity (Wildman–Crippen MR) is 175 cm³/mol. The largest absolute Gasteiger partial charge is 0.450 e. The minimum absolute atomic E-state index is 0.0645. The molecule has 3 aromatic carbocycles. The highest BCUT2D eigenvalue weighted by Gasteiger charge is 2.61. The lowest BCUT2D eigenvalue weighted by molar-refractivity contribution is -0.123. The number of nitrogens with zero attached hydrogens (tertiary/aromatic N) is 2. The second-order valence-electron chi connectivity index (χ2n) is 12.4. The van der Waals surface area contributed by atoms with Crippen LogP contribution in [0.5, 0.6) is 0 Å². The van der Waals surface area contributed by atoms with E-state index >= 15 is 0 Å². The van der Waals surface area contributed by atoms with Crippen LogP contribution in [0.15, 0.2) is 71.2 Å². The number of carbonyl (C=O) groups is 4. The molecule has 5 atom stereocenters. The summed E-state index contributed by atoms with van der Waals surface area (Å²) in [5.74, 6) is -1.66. The van der Waals surface area contributed by atoms with E-state index in [1.165, 1.54) is 29.2 Å². The molecular formula is C36H29BrClFN2O5. The van der Waals surface area contributed by atoms with E-state index in [9.17, 15) is 23.6 Å². The number of ketones is 1. The van der Waals surface area contributed by atoms with Crippen molar-refractivity contribution in [1.29, 1.82) is 0 Å². The van der Waals surface area contributed by atoms with Gasteiger partial charge in [-0.2, -0.15) is 0 Å². The number of pyridine rings is 1. The smallest absolute Gasteiger partial charge is 0.339 e. The molecule has 0 radical (unpaired) electrons. The van der Waals surface area contributed by atoms with E-state index in [0.29, 0.717) is 39.7 Å². The molecule has 2 bridgehead atoms. The number of anilines is 1. The summed E-state index contributed by atoms with van der Waals surface area (Å²) in [6.07, 6.45) is 1.89. The van der Waals surface area contributed by atoms with E-state index in [1.54, 1.807) is 36.4 Å². The van der Waals surface area contributed by atoms with Gasteiger partial charge in [0.2, 0.25) is 17.6 Å². The predicted octanol–water partition coefficient (Wildman–Crippen LogP) is 7.68. The van der Waals surface area contributed by atoms with Crippen LogP contribution < -0.4 is 4.90 Å². The van der Waals surface area contributed by atoms with Crippen LogP contribution >= 0.6 is 27.5 Å². The quantitative estimate of drug-likeness (QED) is 0.0809. The Morgan fingerprint density at radius 2 is 1.65 bits per heavy atom. The monoisotopic (exact) mass is 702 g/mol. The van der Waals surface area contributed by atoms with Crippen molar-refractivity contribution < 1.29 is 28.3 Å². The number of fused-ring (bicyclic) bond motifs is 6. The minimum atomic E-state index is -1.18. The van der Waals surface area contributed by atoms with Crippen LogP contribution in [0.1, 0.15) is 52.0 Å². The molecule has 1 aromatic heterocycles. The van der Waals surface area contributed by atoms with E-state index in [2.05, 4.69) is 15.9 Å². The van der Waals surface area contributed by atoms with Gasteiger partial charge in [0.15, 0.2) is 6.10 Å². The van der Waals surface area contributed by atoms with Gasteiger partial charge in [-0.05, 0) is 98.2 Å². The average molecular weight is 704 g/mol. The Morgan fingerprint density at radius 3 is 2.28 bits per heavy atom. The first kappa shape index (κ1) is 30.7. The maximum atomic E-state index is 13.8. The van der Waals surface area contributed by atoms with Crippen molar-refractivity contribution in [3.8, 4) is 11.3 Å². The van der Waals surface area contributed by atoms with Crippen LogP contribution in [0, 0.1) is 36.4 Å². The van der Waals surface area contributed by atoms with Crippen molar-refractivity contribution in [2.45, 2.75) is 38.7 Å². The molecule has 7 nitrogen and oxygen atoms in total. The molecule has 3 fully saturated rings. The lowest BCUT2D eigenvalue weighted by Gasteiger charge is -2.19. The Hall–Kier alpha value is -3.95. The normalized spacial score (nSPS) is 22.4. The summed E-state index contributed by atoms with van der Waals surface area (Å²) in [7, 11) is 0. The summed E-state index contributed by atoms with van der Waals surface area (Å²) < 4.78 is 20.0. The number of alkyl halides is 1. The maximum absolute atomic E-state index is 13.8. The van der Waals surface area contributed by atoms with E-state index in [1.807, 2.05) is 13.0 Å². The van der Waals surface area contributed by atoms with E-state index in [-0.39, 0.29) is 47.1 Å².